The minimum absolute atomic E-state index is 0.519. The third-order valence-corrected chi connectivity index (χ3v) is 1.89. The van der Waals surface area contributed by atoms with Crippen molar-refractivity contribution in [3.05, 3.63) is 17.7 Å². The summed E-state index contributed by atoms with van der Waals surface area (Å²) in [7, 11) is 1.86. The van der Waals surface area contributed by atoms with Crippen molar-refractivity contribution in [2.45, 2.75) is 19.4 Å². The van der Waals surface area contributed by atoms with E-state index in [9.17, 15) is 5.11 Å². The molecule has 1 N–H and O–H groups in total. The number of aryl methyl sites for hydroxylation is 2. The Balaban J connectivity index is 3.14. The molecule has 0 spiro atoms. The lowest BCUT2D eigenvalue weighted by molar-refractivity contribution is 0.118. The first-order valence-electron chi connectivity index (χ1n) is 3.68. The van der Waals surface area contributed by atoms with Crippen molar-refractivity contribution < 1.29 is 5.11 Å². The lowest BCUT2D eigenvalue weighted by Gasteiger charge is -2.11. The molecule has 0 aromatic carbocycles. The maximum atomic E-state index is 9.62. The average Bonchev–Trinajstić information content (AvgIpc) is 2.33. The van der Waals surface area contributed by atoms with Crippen molar-refractivity contribution >= 4 is 0 Å². The molecule has 0 fully saturated rings. The van der Waals surface area contributed by atoms with Crippen LogP contribution in [0.1, 0.15) is 18.4 Å². The number of aromatic nitrogens is 2. The number of hydrogen-bond acceptors (Lipinski definition) is 2. The molecule has 3 nitrogen and oxygen atoms in total. The van der Waals surface area contributed by atoms with Crippen LogP contribution in [-0.4, -0.2) is 14.7 Å². The molecule has 0 bridgehead atoms. The van der Waals surface area contributed by atoms with Crippen molar-refractivity contribution in [1.82, 2.24) is 9.55 Å². The van der Waals surface area contributed by atoms with E-state index in [1.807, 2.05) is 18.5 Å². The Morgan fingerprint density at radius 3 is 2.67 bits per heavy atom. The third kappa shape index (κ3) is 1.34. The molecule has 0 amide bonds. The van der Waals surface area contributed by atoms with Crippen LogP contribution in [0, 0.1) is 19.3 Å². The molecular formula is C9H12N2O. The quantitative estimate of drug-likeness (QED) is 0.616. The fourth-order valence-electron chi connectivity index (χ4n) is 0.867. The summed E-state index contributed by atoms with van der Waals surface area (Å²) in [6, 6.07) is 0. The Morgan fingerprint density at radius 2 is 2.33 bits per heavy atom. The number of hydrogen-bond donors (Lipinski definition) is 1. The summed E-state index contributed by atoms with van der Waals surface area (Å²) in [5.74, 6) is 3.11. The van der Waals surface area contributed by atoms with Crippen LogP contribution in [0.4, 0.5) is 0 Å². The van der Waals surface area contributed by atoms with Gasteiger partial charge in [0, 0.05) is 13.2 Å². The minimum atomic E-state index is -1.26. The lowest BCUT2D eigenvalue weighted by atomic mass is 10.1. The minimum Gasteiger partial charge on any atom is -0.372 e. The molecule has 0 saturated carbocycles. The van der Waals surface area contributed by atoms with Gasteiger partial charge in [0.25, 0.3) is 0 Å². The van der Waals surface area contributed by atoms with Crippen LogP contribution in [0.15, 0.2) is 6.20 Å². The molecule has 1 rings (SSSR count). The first-order chi connectivity index (χ1) is 5.47. The van der Waals surface area contributed by atoms with E-state index in [0.717, 1.165) is 5.82 Å². The first kappa shape index (κ1) is 8.82. The number of terminal acetylenes is 1. The van der Waals surface area contributed by atoms with Crippen molar-refractivity contribution in [2.75, 3.05) is 0 Å². The second kappa shape index (κ2) is 2.65. The molecule has 3 heteroatoms. The summed E-state index contributed by atoms with van der Waals surface area (Å²) in [5.41, 5.74) is -0.739. The molecule has 1 atom stereocenters. The third-order valence-electron chi connectivity index (χ3n) is 1.89. The van der Waals surface area contributed by atoms with E-state index in [0.29, 0.717) is 5.69 Å². The number of imidazole rings is 1. The molecule has 0 aliphatic carbocycles. The van der Waals surface area contributed by atoms with E-state index >= 15 is 0 Å². The predicted octanol–water partition coefficient (Wildman–Crippen LogP) is 0.569. The average molecular weight is 164 g/mol. The van der Waals surface area contributed by atoms with Crippen molar-refractivity contribution in [3.8, 4) is 12.3 Å². The van der Waals surface area contributed by atoms with Crippen molar-refractivity contribution in [1.29, 1.82) is 0 Å². The molecule has 64 valence electrons. The Bertz CT molecular complexity index is 311. The highest BCUT2D eigenvalue weighted by Crippen LogP contribution is 2.17. The maximum absolute atomic E-state index is 9.62. The molecule has 0 unspecified atom stereocenters. The van der Waals surface area contributed by atoms with E-state index in [4.69, 9.17) is 6.42 Å². The second-order valence-corrected chi connectivity index (χ2v) is 3.00. The van der Waals surface area contributed by atoms with Crippen LogP contribution in [0.2, 0.25) is 0 Å². The number of aliphatic hydroxyl groups is 1. The Hall–Kier alpha value is -1.27. The number of nitrogens with zero attached hydrogens (tertiary/aromatic N) is 2. The van der Waals surface area contributed by atoms with Gasteiger partial charge in [0.15, 0.2) is 5.60 Å². The summed E-state index contributed by atoms with van der Waals surface area (Å²) in [4.78, 5) is 4.12. The molecule has 1 aromatic rings. The van der Waals surface area contributed by atoms with E-state index < -0.39 is 5.60 Å². The Labute approximate surface area is 72.1 Å². The molecule has 0 aliphatic heterocycles. The van der Waals surface area contributed by atoms with E-state index in [1.54, 1.807) is 13.1 Å². The summed E-state index contributed by atoms with van der Waals surface area (Å²) in [5, 5.41) is 9.62. The second-order valence-electron chi connectivity index (χ2n) is 3.00. The zero-order chi connectivity index (χ0) is 9.35. The molecule has 0 aliphatic rings. The highest BCUT2D eigenvalue weighted by molar-refractivity contribution is 5.21. The highest BCUT2D eigenvalue weighted by Gasteiger charge is 2.22. The van der Waals surface area contributed by atoms with Crippen LogP contribution < -0.4 is 0 Å². The molecular weight excluding hydrogens is 152 g/mol. The lowest BCUT2D eigenvalue weighted by Crippen LogP contribution is -2.18. The fraction of sp³-hybridized carbons (Fsp3) is 0.444. The van der Waals surface area contributed by atoms with Gasteiger partial charge in [-0.05, 0) is 13.8 Å². The molecule has 0 saturated heterocycles. The van der Waals surface area contributed by atoms with Gasteiger partial charge in [0.1, 0.15) is 11.5 Å². The van der Waals surface area contributed by atoms with Crippen LogP contribution in [0.3, 0.4) is 0 Å². The van der Waals surface area contributed by atoms with E-state index in [2.05, 4.69) is 10.9 Å². The zero-order valence-electron chi connectivity index (χ0n) is 7.50. The van der Waals surface area contributed by atoms with Gasteiger partial charge < -0.3 is 9.67 Å². The molecule has 12 heavy (non-hydrogen) atoms. The van der Waals surface area contributed by atoms with Gasteiger partial charge in [0.2, 0.25) is 0 Å². The smallest absolute Gasteiger partial charge is 0.166 e. The van der Waals surface area contributed by atoms with Crippen molar-refractivity contribution in [3.63, 3.8) is 0 Å². The predicted molar refractivity (Wildman–Crippen MR) is 46.3 cm³/mol. The van der Waals surface area contributed by atoms with Crippen LogP contribution >= 0.6 is 0 Å². The van der Waals surface area contributed by atoms with Gasteiger partial charge >= 0.3 is 0 Å². The van der Waals surface area contributed by atoms with Gasteiger partial charge in [-0.3, -0.25) is 0 Å². The first-order valence-corrected chi connectivity index (χ1v) is 3.68. The van der Waals surface area contributed by atoms with E-state index in [-0.39, 0.29) is 0 Å². The molecule has 1 heterocycles. The fourth-order valence-corrected chi connectivity index (χ4v) is 0.867. The normalized spacial score (nSPS) is 15.2. The molecule has 0 radical (unpaired) electrons. The van der Waals surface area contributed by atoms with Gasteiger partial charge in [-0.2, -0.15) is 0 Å². The standard InChI is InChI=1S/C9H12N2O/c1-5-9(3,12)8-6-11(4)7(2)10-8/h1,6,12H,2-4H3/t9-/m1/s1. The number of rotatable bonds is 1. The van der Waals surface area contributed by atoms with Gasteiger partial charge in [-0.1, -0.05) is 5.92 Å². The topological polar surface area (TPSA) is 38.0 Å². The van der Waals surface area contributed by atoms with Crippen LogP contribution in [0.5, 0.6) is 0 Å². The SMILES string of the molecule is C#C[C@@](C)(O)c1cn(C)c(C)n1. The summed E-state index contributed by atoms with van der Waals surface area (Å²) >= 11 is 0. The van der Waals surface area contributed by atoms with Gasteiger partial charge in [-0.15, -0.1) is 6.42 Å². The van der Waals surface area contributed by atoms with E-state index in [1.165, 1.54) is 0 Å². The van der Waals surface area contributed by atoms with Crippen LogP contribution in [-0.2, 0) is 12.6 Å². The summed E-state index contributed by atoms with van der Waals surface area (Å²) in [6.07, 6.45) is 6.88. The Morgan fingerprint density at radius 1 is 1.75 bits per heavy atom. The van der Waals surface area contributed by atoms with Crippen LogP contribution in [0.25, 0.3) is 0 Å². The maximum Gasteiger partial charge on any atom is 0.166 e. The molecule has 1 aromatic heterocycles. The van der Waals surface area contributed by atoms with Crippen molar-refractivity contribution in [2.24, 2.45) is 7.05 Å². The monoisotopic (exact) mass is 164 g/mol. The Kier molecular flexibility index (Phi) is 1.95. The zero-order valence-corrected chi connectivity index (χ0v) is 7.50. The summed E-state index contributed by atoms with van der Waals surface area (Å²) in [6.45, 7) is 3.41. The largest absolute Gasteiger partial charge is 0.372 e. The highest BCUT2D eigenvalue weighted by atomic mass is 16.3. The van der Waals surface area contributed by atoms with Gasteiger partial charge in [-0.25, -0.2) is 4.98 Å². The summed E-state index contributed by atoms with van der Waals surface area (Å²) < 4.78 is 1.82. The van der Waals surface area contributed by atoms with Gasteiger partial charge in [0.05, 0.1) is 0 Å².